The van der Waals surface area contributed by atoms with E-state index in [1.54, 1.807) is 24.3 Å². The van der Waals surface area contributed by atoms with Crippen LogP contribution in [0.15, 0.2) is 36.4 Å². The first-order valence-corrected chi connectivity index (χ1v) is 10.6. The van der Waals surface area contributed by atoms with Crippen LogP contribution in [-0.2, 0) is 9.59 Å². The number of carbonyl (C=O) groups excluding carboxylic acids is 3. The lowest BCUT2D eigenvalue weighted by Crippen LogP contribution is -2.40. The van der Waals surface area contributed by atoms with Gasteiger partial charge in [-0.2, -0.15) is 0 Å². The summed E-state index contributed by atoms with van der Waals surface area (Å²) < 4.78 is 0. The second-order valence-electron chi connectivity index (χ2n) is 9.07. The van der Waals surface area contributed by atoms with E-state index in [1.807, 2.05) is 4.90 Å². The van der Waals surface area contributed by atoms with E-state index < -0.39 is 0 Å². The third-order valence-corrected chi connectivity index (χ3v) is 7.66. The maximum atomic E-state index is 13.3. The molecule has 5 heteroatoms. The summed E-state index contributed by atoms with van der Waals surface area (Å²) >= 11 is 0. The van der Waals surface area contributed by atoms with Gasteiger partial charge in [-0.1, -0.05) is 18.2 Å². The van der Waals surface area contributed by atoms with E-state index in [1.165, 1.54) is 11.3 Å². The van der Waals surface area contributed by atoms with Crippen LogP contribution in [0, 0.1) is 35.5 Å². The van der Waals surface area contributed by atoms with Crippen molar-refractivity contribution in [3.05, 3.63) is 42.0 Å². The first-order chi connectivity index (χ1) is 13.6. The molecule has 0 aromatic heterocycles. The van der Waals surface area contributed by atoms with E-state index >= 15 is 0 Å². The molecule has 2 saturated carbocycles. The number of allylic oxidation sites excluding steroid dienone is 2. The zero-order chi connectivity index (χ0) is 19.0. The molecule has 6 aliphatic rings. The lowest BCUT2D eigenvalue weighted by Gasteiger charge is -2.37. The Kier molecular flexibility index (Phi) is 3.41. The quantitative estimate of drug-likeness (QED) is 0.589. The minimum atomic E-state index is -0.201. The molecule has 1 aromatic rings. The lowest BCUT2D eigenvalue weighted by atomic mass is 9.63. The minimum Gasteiger partial charge on any atom is -0.339 e. The predicted octanol–water partition coefficient (Wildman–Crippen LogP) is 2.87. The van der Waals surface area contributed by atoms with E-state index in [4.69, 9.17) is 0 Å². The number of likely N-dealkylation sites (tertiary alicyclic amines) is 1. The van der Waals surface area contributed by atoms with Gasteiger partial charge in [0.15, 0.2) is 0 Å². The fraction of sp³-hybridized carbons (Fsp3) is 0.522. The number of anilines is 1. The molecule has 0 N–H and O–H groups in total. The number of piperidine rings is 1. The summed E-state index contributed by atoms with van der Waals surface area (Å²) in [5.41, 5.74) is 1.12. The minimum absolute atomic E-state index is 0.000965. The molecule has 1 aromatic carbocycles. The Bertz CT molecular complexity index is 880. The summed E-state index contributed by atoms with van der Waals surface area (Å²) in [6.45, 7) is 1.57. The molecule has 0 unspecified atom stereocenters. The average molecular weight is 376 g/mol. The van der Waals surface area contributed by atoms with Crippen molar-refractivity contribution in [2.75, 3.05) is 18.0 Å². The predicted molar refractivity (Wildman–Crippen MR) is 103 cm³/mol. The van der Waals surface area contributed by atoms with Gasteiger partial charge in [0.2, 0.25) is 11.8 Å². The second-order valence-corrected chi connectivity index (χ2v) is 9.07. The zero-order valence-electron chi connectivity index (χ0n) is 15.8. The van der Waals surface area contributed by atoms with Gasteiger partial charge >= 0.3 is 0 Å². The second kappa shape index (κ2) is 5.79. The third kappa shape index (κ3) is 2.16. The fourth-order valence-electron chi connectivity index (χ4n) is 6.27. The van der Waals surface area contributed by atoms with Gasteiger partial charge in [0.05, 0.1) is 17.5 Å². The molecule has 2 heterocycles. The molecule has 7 rings (SSSR count). The highest BCUT2D eigenvalue weighted by atomic mass is 16.2. The summed E-state index contributed by atoms with van der Waals surface area (Å²) in [4.78, 5) is 42.7. The van der Waals surface area contributed by atoms with Crippen molar-refractivity contribution < 1.29 is 14.4 Å². The van der Waals surface area contributed by atoms with Crippen LogP contribution in [0.4, 0.5) is 5.69 Å². The van der Waals surface area contributed by atoms with Gasteiger partial charge in [0.1, 0.15) is 0 Å². The zero-order valence-corrected chi connectivity index (χ0v) is 15.8. The van der Waals surface area contributed by atoms with E-state index in [0.29, 0.717) is 23.1 Å². The lowest BCUT2D eigenvalue weighted by molar-refractivity contribution is -0.124. The van der Waals surface area contributed by atoms with Crippen LogP contribution in [0.1, 0.15) is 36.0 Å². The van der Waals surface area contributed by atoms with Crippen molar-refractivity contribution in [2.24, 2.45) is 35.5 Å². The van der Waals surface area contributed by atoms with Crippen molar-refractivity contribution in [3.63, 3.8) is 0 Å². The maximum absolute atomic E-state index is 13.3. The highest BCUT2D eigenvalue weighted by Crippen LogP contribution is 2.65. The standard InChI is InChI=1S/C23H24N2O3/c26-21(24-9-2-1-3-10-24)13-5-4-6-14(11-13)25-22(27)19-15-7-8-16(18-12-17(15)18)20(19)23(25)28/h4-8,11,15-20H,1-3,9-10,12H2/t15-,16-,17-,18+,19+,20+/m0/s1. The van der Waals surface area contributed by atoms with Gasteiger partial charge in [-0.05, 0) is 67.6 Å². The Morgan fingerprint density at radius 1 is 0.893 bits per heavy atom. The molecule has 28 heavy (non-hydrogen) atoms. The van der Waals surface area contributed by atoms with Crippen LogP contribution in [0.2, 0.25) is 0 Å². The molecule has 2 bridgehead atoms. The topological polar surface area (TPSA) is 57.7 Å². The Labute approximate surface area is 164 Å². The summed E-state index contributed by atoms with van der Waals surface area (Å²) in [7, 11) is 0. The third-order valence-electron chi connectivity index (χ3n) is 7.66. The number of amides is 3. The Morgan fingerprint density at radius 2 is 1.54 bits per heavy atom. The summed E-state index contributed by atoms with van der Waals surface area (Å²) in [5.74, 6) is 1.10. The molecule has 3 amide bonds. The van der Waals surface area contributed by atoms with Crippen LogP contribution < -0.4 is 4.90 Å². The van der Waals surface area contributed by atoms with Crippen molar-refractivity contribution in [1.29, 1.82) is 0 Å². The van der Waals surface area contributed by atoms with Gasteiger partial charge in [-0.25, -0.2) is 4.90 Å². The number of rotatable bonds is 2. The van der Waals surface area contributed by atoms with Crippen LogP contribution >= 0.6 is 0 Å². The van der Waals surface area contributed by atoms with E-state index in [9.17, 15) is 14.4 Å². The molecule has 5 nitrogen and oxygen atoms in total. The SMILES string of the molecule is O=C(c1cccc(N2C(=O)[C@@H]3[C@H]4C=C[C@@H]([C@@H]5C[C@H]45)[C@H]3C2=O)c1)N1CCCCC1. The van der Waals surface area contributed by atoms with Crippen molar-refractivity contribution in [2.45, 2.75) is 25.7 Å². The molecular formula is C23H24N2O3. The Balaban J connectivity index is 1.31. The smallest absolute Gasteiger partial charge is 0.253 e. The molecule has 4 aliphatic carbocycles. The number of hydrogen-bond acceptors (Lipinski definition) is 3. The van der Waals surface area contributed by atoms with E-state index in [2.05, 4.69) is 12.2 Å². The normalized spacial score (nSPS) is 37.9. The van der Waals surface area contributed by atoms with Crippen LogP contribution in [0.25, 0.3) is 0 Å². The van der Waals surface area contributed by atoms with E-state index in [-0.39, 0.29) is 41.4 Å². The van der Waals surface area contributed by atoms with Gasteiger partial charge < -0.3 is 4.90 Å². The van der Waals surface area contributed by atoms with Crippen molar-refractivity contribution in [3.8, 4) is 0 Å². The number of hydrogen-bond donors (Lipinski definition) is 0. The number of carbonyl (C=O) groups is 3. The highest BCUT2D eigenvalue weighted by molar-refractivity contribution is 6.23. The maximum Gasteiger partial charge on any atom is 0.253 e. The first-order valence-electron chi connectivity index (χ1n) is 10.6. The van der Waals surface area contributed by atoms with Crippen LogP contribution in [0.3, 0.4) is 0 Å². The first kappa shape index (κ1) is 16.5. The highest BCUT2D eigenvalue weighted by Gasteiger charge is 2.67. The summed E-state index contributed by atoms with van der Waals surface area (Å²) in [6.07, 6.45) is 8.78. The fourth-order valence-corrected chi connectivity index (χ4v) is 6.27. The largest absolute Gasteiger partial charge is 0.339 e. The number of imide groups is 1. The van der Waals surface area contributed by atoms with Gasteiger partial charge in [0.25, 0.3) is 5.91 Å². The van der Waals surface area contributed by atoms with Crippen LogP contribution in [-0.4, -0.2) is 35.7 Å². The number of nitrogens with zero attached hydrogens (tertiary/aromatic N) is 2. The average Bonchev–Trinajstić information content (AvgIpc) is 3.52. The summed E-state index contributed by atoms with van der Waals surface area (Å²) in [6, 6.07) is 7.11. The Morgan fingerprint density at radius 3 is 2.18 bits per heavy atom. The van der Waals surface area contributed by atoms with E-state index in [0.717, 1.165) is 32.4 Å². The molecular weight excluding hydrogens is 352 g/mol. The molecule has 144 valence electrons. The molecule has 0 spiro atoms. The number of benzene rings is 1. The van der Waals surface area contributed by atoms with Gasteiger partial charge in [-0.15, -0.1) is 0 Å². The summed E-state index contributed by atoms with van der Waals surface area (Å²) in [5, 5.41) is 0. The van der Waals surface area contributed by atoms with Crippen molar-refractivity contribution >= 4 is 23.4 Å². The monoisotopic (exact) mass is 376 g/mol. The van der Waals surface area contributed by atoms with Crippen LogP contribution in [0.5, 0.6) is 0 Å². The molecule has 0 radical (unpaired) electrons. The molecule has 2 aliphatic heterocycles. The van der Waals surface area contributed by atoms with Gasteiger partial charge in [0, 0.05) is 18.7 Å². The molecule has 4 fully saturated rings. The van der Waals surface area contributed by atoms with Gasteiger partial charge in [-0.3, -0.25) is 14.4 Å². The Hall–Kier alpha value is -2.43. The van der Waals surface area contributed by atoms with Crippen molar-refractivity contribution in [1.82, 2.24) is 4.90 Å². The molecule has 6 atom stereocenters. The molecule has 2 saturated heterocycles.